The molecule has 148 valence electrons. The van der Waals surface area contributed by atoms with Gasteiger partial charge in [0.05, 0.1) is 4.90 Å². The zero-order valence-corrected chi connectivity index (χ0v) is 16.8. The molecule has 0 radical (unpaired) electrons. The number of carbonyl (C=O) groups excluding carboxylic acids is 1. The highest BCUT2D eigenvalue weighted by molar-refractivity contribution is 7.89. The van der Waals surface area contributed by atoms with E-state index in [1.165, 1.54) is 0 Å². The summed E-state index contributed by atoms with van der Waals surface area (Å²) in [7, 11) is -3.64. The lowest BCUT2D eigenvalue weighted by molar-refractivity contribution is -0.119. The van der Waals surface area contributed by atoms with E-state index < -0.39 is 10.0 Å². The van der Waals surface area contributed by atoms with Crippen molar-refractivity contribution in [3.63, 3.8) is 0 Å². The van der Waals surface area contributed by atoms with Crippen molar-refractivity contribution in [1.82, 2.24) is 4.72 Å². The summed E-state index contributed by atoms with van der Waals surface area (Å²) in [6.07, 6.45) is 2.59. The van der Waals surface area contributed by atoms with Gasteiger partial charge in [0, 0.05) is 29.7 Å². The molecule has 1 fully saturated rings. The lowest BCUT2D eigenvalue weighted by Crippen LogP contribution is -2.30. The molecule has 28 heavy (non-hydrogen) atoms. The van der Waals surface area contributed by atoms with Crippen LogP contribution in [0.3, 0.4) is 0 Å². The summed E-state index contributed by atoms with van der Waals surface area (Å²) in [5.74, 6) is 0.935. The molecule has 2 aromatic carbocycles. The maximum Gasteiger partial charge on any atom is 0.240 e. The van der Waals surface area contributed by atoms with Crippen LogP contribution in [0, 0.1) is 5.92 Å². The minimum Gasteiger partial charge on any atom is -0.492 e. The first-order valence-electron chi connectivity index (χ1n) is 9.26. The molecular formula is C20H21ClN2O4S. The van der Waals surface area contributed by atoms with Gasteiger partial charge in [0.25, 0.3) is 0 Å². The van der Waals surface area contributed by atoms with Gasteiger partial charge in [-0.1, -0.05) is 11.6 Å². The van der Waals surface area contributed by atoms with E-state index in [2.05, 4.69) is 4.72 Å². The predicted molar refractivity (Wildman–Crippen MR) is 107 cm³/mol. The number of halogens is 1. The molecule has 2 aromatic rings. The van der Waals surface area contributed by atoms with Gasteiger partial charge in [0.2, 0.25) is 15.9 Å². The lowest BCUT2D eigenvalue weighted by Gasteiger charge is -2.17. The Kier molecular flexibility index (Phi) is 5.31. The molecule has 0 spiro atoms. The minimum absolute atomic E-state index is 0.147. The largest absolute Gasteiger partial charge is 0.492 e. The van der Waals surface area contributed by atoms with E-state index in [4.69, 9.17) is 16.3 Å². The second-order valence-electron chi connectivity index (χ2n) is 7.00. The van der Waals surface area contributed by atoms with E-state index in [0.717, 1.165) is 24.1 Å². The summed E-state index contributed by atoms with van der Waals surface area (Å²) in [6, 6.07) is 11.8. The van der Waals surface area contributed by atoms with Gasteiger partial charge in [0.1, 0.15) is 12.4 Å². The molecular weight excluding hydrogens is 400 g/mol. The molecule has 4 rings (SSSR count). The normalized spacial score (nSPS) is 16.1. The minimum atomic E-state index is -3.64. The predicted octanol–water partition coefficient (Wildman–Crippen LogP) is 3.00. The highest BCUT2D eigenvalue weighted by Gasteiger charge is 2.36. The lowest BCUT2D eigenvalue weighted by atomic mass is 10.2. The third kappa shape index (κ3) is 4.16. The van der Waals surface area contributed by atoms with E-state index in [0.29, 0.717) is 23.7 Å². The van der Waals surface area contributed by atoms with Crippen LogP contribution >= 0.6 is 11.6 Å². The molecule has 0 atom stereocenters. The molecule has 0 aromatic heterocycles. The van der Waals surface area contributed by atoms with Gasteiger partial charge in [-0.2, -0.15) is 0 Å². The first kappa shape index (κ1) is 19.2. The maximum absolute atomic E-state index is 12.6. The van der Waals surface area contributed by atoms with E-state index >= 15 is 0 Å². The summed E-state index contributed by atoms with van der Waals surface area (Å²) < 4.78 is 33.2. The molecule has 1 saturated carbocycles. The number of fused-ring (bicyclic) bond motifs is 1. The molecule has 2 aliphatic rings. The fraction of sp³-hybridized carbons (Fsp3) is 0.350. The summed E-state index contributed by atoms with van der Waals surface area (Å²) in [4.78, 5) is 14.3. The number of ether oxygens (including phenoxy) is 1. The standard InChI is InChI=1S/C20H21ClN2O4S/c21-16-3-5-17(6-4-16)27-12-10-22-28(25,26)18-7-8-19-15(13-18)9-11-23(19)20(24)14-1-2-14/h3-8,13-14,22H,1-2,9-12H2. The van der Waals surface area contributed by atoms with Crippen LogP contribution in [0.5, 0.6) is 5.75 Å². The third-order valence-corrected chi connectivity index (χ3v) is 6.64. The molecule has 8 heteroatoms. The van der Waals surface area contributed by atoms with Crippen molar-refractivity contribution in [2.45, 2.75) is 24.2 Å². The fourth-order valence-electron chi connectivity index (χ4n) is 3.28. The molecule has 0 saturated heterocycles. The van der Waals surface area contributed by atoms with Crippen molar-refractivity contribution in [3.8, 4) is 5.75 Å². The molecule has 1 N–H and O–H groups in total. The molecule has 1 aliphatic heterocycles. The summed E-state index contributed by atoms with van der Waals surface area (Å²) >= 11 is 5.82. The van der Waals surface area contributed by atoms with Crippen LogP contribution in [0.25, 0.3) is 0 Å². The zero-order valence-electron chi connectivity index (χ0n) is 15.2. The molecule has 1 heterocycles. The molecule has 1 amide bonds. The Morgan fingerprint density at radius 2 is 1.93 bits per heavy atom. The Morgan fingerprint density at radius 3 is 2.64 bits per heavy atom. The van der Waals surface area contributed by atoms with E-state index in [1.54, 1.807) is 47.4 Å². The second kappa shape index (κ2) is 7.73. The Labute approximate surface area is 169 Å². The van der Waals surface area contributed by atoms with Crippen LogP contribution in [0.15, 0.2) is 47.4 Å². The first-order valence-corrected chi connectivity index (χ1v) is 11.1. The quantitative estimate of drug-likeness (QED) is 0.698. The van der Waals surface area contributed by atoms with Crippen LogP contribution in [-0.2, 0) is 21.2 Å². The topological polar surface area (TPSA) is 75.7 Å². The van der Waals surface area contributed by atoms with Crippen LogP contribution < -0.4 is 14.4 Å². The van der Waals surface area contributed by atoms with E-state index in [1.807, 2.05) is 0 Å². The van der Waals surface area contributed by atoms with Crippen molar-refractivity contribution in [1.29, 1.82) is 0 Å². The molecule has 0 unspecified atom stereocenters. The summed E-state index contributed by atoms with van der Waals surface area (Å²) in [5, 5.41) is 0.613. The van der Waals surface area contributed by atoms with Gasteiger partial charge < -0.3 is 9.64 Å². The summed E-state index contributed by atoms with van der Waals surface area (Å²) in [5.41, 5.74) is 1.73. The van der Waals surface area contributed by atoms with Crippen LogP contribution in [0.2, 0.25) is 5.02 Å². The van der Waals surface area contributed by atoms with Crippen molar-refractivity contribution < 1.29 is 17.9 Å². The molecule has 0 bridgehead atoms. The number of sulfonamides is 1. The van der Waals surface area contributed by atoms with Gasteiger partial charge in [-0.15, -0.1) is 0 Å². The van der Waals surface area contributed by atoms with Gasteiger partial charge in [-0.25, -0.2) is 13.1 Å². The van der Waals surface area contributed by atoms with Crippen LogP contribution in [-0.4, -0.2) is 34.0 Å². The number of carbonyl (C=O) groups is 1. The van der Waals surface area contributed by atoms with Crippen LogP contribution in [0.1, 0.15) is 18.4 Å². The Bertz CT molecular complexity index is 988. The third-order valence-electron chi connectivity index (χ3n) is 4.93. The Hall–Kier alpha value is -2.09. The SMILES string of the molecule is O=C(C1CC1)N1CCc2cc(S(=O)(=O)NCCOc3ccc(Cl)cc3)ccc21. The monoisotopic (exact) mass is 420 g/mol. The number of amides is 1. The van der Waals surface area contributed by atoms with Gasteiger partial charge >= 0.3 is 0 Å². The maximum atomic E-state index is 12.6. The van der Waals surface area contributed by atoms with Crippen molar-refractivity contribution >= 4 is 33.2 Å². The molecule has 1 aliphatic carbocycles. The van der Waals surface area contributed by atoms with E-state index in [9.17, 15) is 13.2 Å². The number of hydrogen-bond acceptors (Lipinski definition) is 4. The van der Waals surface area contributed by atoms with Gasteiger partial charge in [-0.05, 0) is 67.3 Å². The Morgan fingerprint density at radius 1 is 1.18 bits per heavy atom. The first-order chi connectivity index (χ1) is 13.4. The van der Waals surface area contributed by atoms with Crippen molar-refractivity contribution in [2.24, 2.45) is 5.92 Å². The van der Waals surface area contributed by atoms with Gasteiger partial charge in [-0.3, -0.25) is 4.79 Å². The number of benzene rings is 2. The number of hydrogen-bond donors (Lipinski definition) is 1. The highest BCUT2D eigenvalue weighted by Crippen LogP contribution is 2.37. The van der Waals surface area contributed by atoms with Gasteiger partial charge in [0.15, 0.2) is 0 Å². The van der Waals surface area contributed by atoms with Crippen LogP contribution in [0.4, 0.5) is 5.69 Å². The van der Waals surface area contributed by atoms with E-state index in [-0.39, 0.29) is 29.9 Å². The number of rotatable bonds is 7. The average Bonchev–Trinajstić information content (AvgIpc) is 3.45. The zero-order chi connectivity index (χ0) is 19.7. The second-order valence-corrected chi connectivity index (χ2v) is 9.21. The highest BCUT2D eigenvalue weighted by atomic mass is 35.5. The smallest absolute Gasteiger partial charge is 0.240 e. The van der Waals surface area contributed by atoms with Crippen molar-refractivity contribution in [3.05, 3.63) is 53.1 Å². The Balaban J connectivity index is 1.36. The number of anilines is 1. The average molecular weight is 421 g/mol. The van der Waals surface area contributed by atoms with Crippen molar-refractivity contribution in [2.75, 3.05) is 24.6 Å². The number of nitrogens with one attached hydrogen (secondary N) is 1. The molecule has 6 nitrogen and oxygen atoms in total. The fourth-order valence-corrected chi connectivity index (χ4v) is 4.47. The number of nitrogens with zero attached hydrogens (tertiary/aromatic N) is 1. The summed E-state index contributed by atoms with van der Waals surface area (Å²) in [6.45, 7) is 0.973.